The summed E-state index contributed by atoms with van der Waals surface area (Å²) in [5, 5.41) is 19.2. The molecule has 0 bridgehead atoms. The molecule has 4 nitrogen and oxygen atoms in total. The average molecular weight is 286 g/mol. The van der Waals surface area contributed by atoms with Gasteiger partial charge in [0.2, 0.25) is 0 Å². The van der Waals surface area contributed by atoms with Crippen LogP contribution in [0.1, 0.15) is 29.4 Å². The molecule has 0 aliphatic carbocycles. The number of nitrogens with zero attached hydrogens (tertiary/aromatic N) is 2. The maximum Gasteiger partial charge on any atom is 0.138 e. The van der Waals surface area contributed by atoms with Crippen molar-refractivity contribution in [1.29, 1.82) is 0 Å². The summed E-state index contributed by atoms with van der Waals surface area (Å²) in [7, 11) is 1.98. The van der Waals surface area contributed by atoms with Gasteiger partial charge in [0.05, 0.1) is 5.69 Å². The molecule has 0 aliphatic rings. The van der Waals surface area contributed by atoms with Crippen molar-refractivity contribution < 1.29 is 10.2 Å². The number of aliphatic hydroxyl groups is 1. The minimum absolute atomic E-state index is 0.0953. The highest BCUT2D eigenvalue weighted by Crippen LogP contribution is 2.26. The van der Waals surface area contributed by atoms with E-state index >= 15 is 0 Å². The van der Waals surface area contributed by atoms with Gasteiger partial charge in [0.15, 0.2) is 0 Å². The summed E-state index contributed by atoms with van der Waals surface area (Å²) in [5.41, 5.74) is 2.70. The molecule has 0 spiro atoms. The third-order valence-electron chi connectivity index (χ3n) is 3.61. The van der Waals surface area contributed by atoms with Crippen molar-refractivity contribution in [2.24, 2.45) is 0 Å². The number of benzene rings is 1. The van der Waals surface area contributed by atoms with E-state index in [1.807, 2.05) is 32.2 Å². The van der Waals surface area contributed by atoms with Crippen LogP contribution in [0.3, 0.4) is 0 Å². The van der Waals surface area contributed by atoms with Gasteiger partial charge < -0.3 is 10.2 Å². The SMILES string of the molecule is Cc1ccc(O)c(CN(C)C(CCO)c2ccccc2)n1. The first kappa shape index (κ1) is 15.5. The van der Waals surface area contributed by atoms with Gasteiger partial charge >= 0.3 is 0 Å². The summed E-state index contributed by atoms with van der Waals surface area (Å²) in [5.74, 6) is 0.211. The van der Waals surface area contributed by atoms with Gasteiger partial charge in [-0.25, -0.2) is 0 Å². The van der Waals surface area contributed by atoms with Crippen molar-refractivity contribution >= 4 is 0 Å². The number of aliphatic hydroxyl groups excluding tert-OH is 1. The Morgan fingerprint density at radius 1 is 1.14 bits per heavy atom. The highest BCUT2D eigenvalue weighted by Gasteiger charge is 2.18. The van der Waals surface area contributed by atoms with Gasteiger partial charge in [0.1, 0.15) is 5.75 Å². The summed E-state index contributed by atoms with van der Waals surface area (Å²) in [6, 6.07) is 13.6. The number of hydrogen-bond donors (Lipinski definition) is 2. The van der Waals surface area contributed by atoms with Gasteiger partial charge in [-0.05, 0) is 38.1 Å². The molecule has 0 fully saturated rings. The van der Waals surface area contributed by atoms with Crippen LogP contribution in [0.4, 0.5) is 0 Å². The monoisotopic (exact) mass is 286 g/mol. The number of rotatable bonds is 6. The Balaban J connectivity index is 2.19. The minimum atomic E-state index is 0.0953. The summed E-state index contributed by atoms with van der Waals surface area (Å²) < 4.78 is 0. The molecule has 4 heteroatoms. The molecule has 0 aliphatic heterocycles. The van der Waals surface area contributed by atoms with Crippen LogP contribution in [-0.4, -0.2) is 33.8 Å². The molecule has 1 heterocycles. The van der Waals surface area contributed by atoms with Crippen molar-refractivity contribution in [3.8, 4) is 5.75 Å². The fraction of sp³-hybridized carbons (Fsp3) is 0.353. The highest BCUT2D eigenvalue weighted by molar-refractivity contribution is 5.28. The van der Waals surface area contributed by atoms with E-state index in [4.69, 9.17) is 0 Å². The van der Waals surface area contributed by atoms with Crippen LogP contribution in [-0.2, 0) is 6.54 Å². The lowest BCUT2D eigenvalue weighted by atomic mass is 10.0. The molecule has 112 valence electrons. The number of aromatic hydroxyl groups is 1. The number of aromatic nitrogens is 1. The highest BCUT2D eigenvalue weighted by atomic mass is 16.3. The van der Waals surface area contributed by atoms with Gasteiger partial charge in [0, 0.05) is 24.9 Å². The lowest BCUT2D eigenvalue weighted by Crippen LogP contribution is -2.25. The fourth-order valence-electron chi connectivity index (χ4n) is 2.50. The first-order chi connectivity index (χ1) is 10.1. The largest absolute Gasteiger partial charge is 0.506 e. The molecule has 2 aromatic rings. The zero-order valence-electron chi connectivity index (χ0n) is 12.5. The van der Waals surface area contributed by atoms with Gasteiger partial charge in [-0.15, -0.1) is 0 Å². The second-order valence-corrected chi connectivity index (χ2v) is 5.27. The van der Waals surface area contributed by atoms with Gasteiger partial charge in [-0.1, -0.05) is 30.3 Å². The normalized spacial score (nSPS) is 12.6. The lowest BCUT2D eigenvalue weighted by Gasteiger charge is -2.28. The van der Waals surface area contributed by atoms with Crippen LogP contribution < -0.4 is 0 Å². The van der Waals surface area contributed by atoms with Crippen LogP contribution in [0.5, 0.6) is 5.75 Å². The Morgan fingerprint density at radius 3 is 2.52 bits per heavy atom. The molecule has 0 saturated heterocycles. The molecule has 2 N–H and O–H groups in total. The van der Waals surface area contributed by atoms with Crippen LogP contribution in [0, 0.1) is 6.92 Å². The molecule has 0 radical (unpaired) electrons. The Hall–Kier alpha value is -1.91. The number of pyridine rings is 1. The quantitative estimate of drug-likeness (QED) is 0.857. The number of hydrogen-bond acceptors (Lipinski definition) is 4. The second-order valence-electron chi connectivity index (χ2n) is 5.27. The zero-order chi connectivity index (χ0) is 15.2. The topological polar surface area (TPSA) is 56.6 Å². The minimum Gasteiger partial charge on any atom is -0.506 e. The van der Waals surface area contributed by atoms with Crippen molar-refractivity contribution in [3.63, 3.8) is 0 Å². The average Bonchev–Trinajstić information content (AvgIpc) is 2.49. The van der Waals surface area contributed by atoms with Gasteiger partial charge in [-0.2, -0.15) is 0 Å². The standard InChI is InChI=1S/C17H22N2O2/c1-13-8-9-17(21)15(18-13)12-19(2)16(10-11-20)14-6-4-3-5-7-14/h3-9,16,20-21H,10-12H2,1-2H3. The molecule has 1 atom stereocenters. The molecule has 0 saturated carbocycles. The van der Waals surface area contributed by atoms with Crippen molar-refractivity contribution in [2.45, 2.75) is 25.9 Å². The Labute approximate surface area is 125 Å². The molecule has 1 aromatic heterocycles. The molecule has 2 rings (SSSR count). The molecule has 0 amide bonds. The third kappa shape index (κ3) is 4.03. The number of aryl methyl sites for hydroxylation is 1. The molecular weight excluding hydrogens is 264 g/mol. The predicted octanol–water partition coefficient (Wildman–Crippen LogP) is 2.65. The van der Waals surface area contributed by atoms with Crippen LogP contribution in [0.15, 0.2) is 42.5 Å². The third-order valence-corrected chi connectivity index (χ3v) is 3.61. The maximum atomic E-state index is 9.93. The first-order valence-corrected chi connectivity index (χ1v) is 7.13. The molecular formula is C17H22N2O2. The summed E-state index contributed by atoms with van der Waals surface area (Å²) in [6.07, 6.45) is 0.646. The first-order valence-electron chi connectivity index (χ1n) is 7.13. The van der Waals surface area contributed by atoms with E-state index in [2.05, 4.69) is 22.0 Å². The molecule has 1 aromatic carbocycles. The smallest absolute Gasteiger partial charge is 0.138 e. The van der Waals surface area contributed by atoms with Crippen LogP contribution in [0.25, 0.3) is 0 Å². The zero-order valence-corrected chi connectivity index (χ0v) is 12.5. The summed E-state index contributed by atoms with van der Waals surface area (Å²) in [6.45, 7) is 2.57. The van der Waals surface area contributed by atoms with E-state index in [1.165, 1.54) is 0 Å². The van der Waals surface area contributed by atoms with E-state index < -0.39 is 0 Å². The van der Waals surface area contributed by atoms with Crippen molar-refractivity contribution in [1.82, 2.24) is 9.88 Å². The Morgan fingerprint density at radius 2 is 1.86 bits per heavy atom. The lowest BCUT2D eigenvalue weighted by molar-refractivity contribution is 0.177. The van der Waals surface area contributed by atoms with E-state index in [1.54, 1.807) is 12.1 Å². The maximum absolute atomic E-state index is 9.93. The van der Waals surface area contributed by atoms with E-state index in [-0.39, 0.29) is 18.4 Å². The predicted molar refractivity (Wildman–Crippen MR) is 83.0 cm³/mol. The van der Waals surface area contributed by atoms with E-state index in [9.17, 15) is 10.2 Å². The van der Waals surface area contributed by atoms with E-state index in [0.717, 1.165) is 11.3 Å². The summed E-state index contributed by atoms with van der Waals surface area (Å²) in [4.78, 5) is 6.50. The van der Waals surface area contributed by atoms with Crippen LogP contribution >= 0.6 is 0 Å². The van der Waals surface area contributed by atoms with Gasteiger partial charge in [-0.3, -0.25) is 9.88 Å². The Kier molecular flexibility index (Phi) is 5.31. The van der Waals surface area contributed by atoms with Crippen molar-refractivity contribution in [3.05, 3.63) is 59.4 Å². The fourth-order valence-corrected chi connectivity index (χ4v) is 2.50. The summed E-state index contributed by atoms with van der Waals surface area (Å²) >= 11 is 0. The van der Waals surface area contributed by atoms with E-state index in [0.29, 0.717) is 18.7 Å². The Bertz CT molecular complexity index is 572. The van der Waals surface area contributed by atoms with Crippen LogP contribution in [0.2, 0.25) is 0 Å². The van der Waals surface area contributed by atoms with Crippen molar-refractivity contribution in [2.75, 3.05) is 13.7 Å². The second kappa shape index (κ2) is 7.20. The van der Waals surface area contributed by atoms with Gasteiger partial charge in [0.25, 0.3) is 0 Å². The molecule has 21 heavy (non-hydrogen) atoms. The molecule has 1 unspecified atom stereocenters.